The standard InChI is InChI=1S/C22H29NO4/c1-2-26-14-13-23-16-20(24)17-27-21(15-18-9-5-3-6-10-18)22(25)19-11-7-4-8-12-19/h3-12,20-21,23-24H,2,13-17H2,1H3. The first kappa shape index (κ1) is 21.3. The minimum atomic E-state index is -0.687. The number of rotatable bonds is 13. The smallest absolute Gasteiger partial charge is 0.191 e. The van der Waals surface area contributed by atoms with Gasteiger partial charge in [0, 0.05) is 31.7 Å². The number of ether oxygens (including phenoxy) is 2. The second-order valence-electron chi connectivity index (χ2n) is 6.30. The fourth-order valence-corrected chi connectivity index (χ4v) is 2.69. The minimum absolute atomic E-state index is 0.0732. The number of nitrogens with one attached hydrogen (secondary N) is 1. The molecular weight excluding hydrogens is 342 g/mol. The van der Waals surface area contributed by atoms with E-state index in [2.05, 4.69) is 5.32 Å². The van der Waals surface area contributed by atoms with Crippen LogP contribution in [0.3, 0.4) is 0 Å². The van der Waals surface area contributed by atoms with Crippen molar-refractivity contribution in [1.82, 2.24) is 5.32 Å². The molecular formula is C22H29NO4. The molecule has 0 saturated carbocycles. The molecule has 5 heteroatoms. The number of benzene rings is 2. The highest BCUT2D eigenvalue weighted by Crippen LogP contribution is 2.13. The van der Waals surface area contributed by atoms with Gasteiger partial charge in [0.15, 0.2) is 5.78 Å². The van der Waals surface area contributed by atoms with Gasteiger partial charge in [0.05, 0.1) is 19.3 Å². The van der Waals surface area contributed by atoms with Crippen LogP contribution < -0.4 is 5.32 Å². The Bertz CT molecular complexity index is 648. The minimum Gasteiger partial charge on any atom is -0.389 e. The maximum absolute atomic E-state index is 12.9. The summed E-state index contributed by atoms with van der Waals surface area (Å²) in [4.78, 5) is 12.9. The third-order valence-electron chi connectivity index (χ3n) is 4.11. The van der Waals surface area contributed by atoms with E-state index in [4.69, 9.17) is 9.47 Å². The van der Waals surface area contributed by atoms with Gasteiger partial charge < -0.3 is 19.9 Å². The summed E-state index contributed by atoms with van der Waals surface area (Å²) in [5.41, 5.74) is 1.64. The van der Waals surface area contributed by atoms with Crippen LogP contribution in [0.25, 0.3) is 0 Å². The van der Waals surface area contributed by atoms with Crippen molar-refractivity contribution in [2.24, 2.45) is 0 Å². The molecule has 0 fully saturated rings. The Hall–Kier alpha value is -2.05. The molecule has 2 aromatic rings. The van der Waals surface area contributed by atoms with Crippen LogP contribution in [-0.4, -0.2) is 56.0 Å². The number of carbonyl (C=O) groups is 1. The van der Waals surface area contributed by atoms with Crippen molar-refractivity contribution in [3.05, 3.63) is 71.8 Å². The Balaban J connectivity index is 1.91. The first-order chi connectivity index (χ1) is 13.2. The fourth-order valence-electron chi connectivity index (χ4n) is 2.69. The van der Waals surface area contributed by atoms with E-state index in [9.17, 15) is 9.90 Å². The average Bonchev–Trinajstić information content (AvgIpc) is 2.72. The second-order valence-corrected chi connectivity index (χ2v) is 6.30. The van der Waals surface area contributed by atoms with Crippen molar-refractivity contribution in [3.63, 3.8) is 0 Å². The Morgan fingerprint density at radius 2 is 1.74 bits per heavy atom. The van der Waals surface area contributed by atoms with Crippen LogP contribution in [0.15, 0.2) is 60.7 Å². The lowest BCUT2D eigenvalue weighted by Crippen LogP contribution is -2.36. The van der Waals surface area contributed by atoms with Gasteiger partial charge in [-0.2, -0.15) is 0 Å². The lowest BCUT2D eigenvalue weighted by Gasteiger charge is -2.20. The SMILES string of the molecule is CCOCCNCC(O)COC(Cc1ccccc1)C(=O)c1ccccc1. The molecule has 2 atom stereocenters. The van der Waals surface area contributed by atoms with E-state index in [0.29, 0.717) is 38.3 Å². The maximum atomic E-state index is 12.9. The number of carbonyl (C=O) groups excluding carboxylic acids is 1. The molecule has 2 rings (SSSR count). The molecule has 27 heavy (non-hydrogen) atoms. The topological polar surface area (TPSA) is 67.8 Å². The second kappa shape index (κ2) is 12.4. The van der Waals surface area contributed by atoms with Gasteiger partial charge in [0.2, 0.25) is 0 Å². The van der Waals surface area contributed by atoms with Crippen molar-refractivity contribution < 1.29 is 19.4 Å². The number of hydrogen-bond donors (Lipinski definition) is 2. The molecule has 0 spiro atoms. The third-order valence-corrected chi connectivity index (χ3v) is 4.11. The first-order valence-electron chi connectivity index (χ1n) is 9.42. The van der Waals surface area contributed by atoms with Gasteiger partial charge in [-0.3, -0.25) is 4.79 Å². The molecule has 0 aromatic heterocycles. The summed E-state index contributed by atoms with van der Waals surface area (Å²) in [5.74, 6) is -0.0732. The zero-order chi connectivity index (χ0) is 19.3. The van der Waals surface area contributed by atoms with Crippen LogP contribution >= 0.6 is 0 Å². The predicted molar refractivity (Wildman–Crippen MR) is 106 cm³/mol. The summed E-state index contributed by atoms with van der Waals surface area (Å²) >= 11 is 0. The summed E-state index contributed by atoms with van der Waals surface area (Å²) in [6.45, 7) is 4.38. The van der Waals surface area contributed by atoms with Crippen LogP contribution in [0, 0.1) is 0 Å². The number of ketones is 1. The molecule has 2 unspecified atom stereocenters. The number of aliphatic hydroxyl groups excluding tert-OH is 1. The van der Waals surface area contributed by atoms with Crippen LogP contribution in [0.5, 0.6) is 0 Å². The monoisotopic (exact) mass is 371 g/mol. The van der Waals surface area contributed by atoms with Gasteiger partial charge in [-0.15, -0.1) is 0 Å². The highest BCUT2D eigenvalue weighted by Gasteiger charge is 2.22. The Labute approximate surface area is 161 Å². The van der Waals surface area contributed by atoms with E-state index in [1.807, 2.05) is 55.5 Å². The molecule has 0 amide bonds. The number of aliphatic hydroxyl groups is 1. The zero-order valence-corrected chi connectivity index (χ0v) is 15.8. The fraction of sp³-hybridized carbons (Fsp3) is 0.409. The third kappa shape index (κ3) is 8.01. The summed E-state index contributed by atoms with van der Waals surface area (Å²) < 4.78 is 11.1. The quantitative estimate of drug-likeness (QED) is 0.418. The van der Waals surface area contributed by atoms with Crippen molar-refractivity contribution in [2.45, 2.75) is 25.6 Å². The molecule has 0 heterocycles. The van der Waals surface area contributed by atoms with E-state index in [-0.39, 0.29) is 12.4 Å². The molecule has 0 aliphatic carbocycles. The Morgan fingerprint density at radius 1 is 1.07 bits per heavy atom. The largest absolute Gasteiger partial charge is 0.389 e. The van der Waals surface area contributed by atoms with Crippen molar-refractivity contribution >= 4 is 5.78 Å². The molecule has 2 N–H and O–H groups in total. The zero-order valence-electron chi connectivity index (χ0n) is 15.8. The summed E-state index contributed by atoms with van der Waals surface area (Å²) in [6.07, 6.45) is -0.847. The molecule has 2 aromatic carbocycles. The van der Waals surface area contributed by atoms with Crippen LogP contribution in [0.1, 0.15) is 22.8 Å². The summed E-state index contributed by atoms with van der Waals surface area (Å²) in [7, 11) is 0. The average molecular weight is 371 g/mol. The van der Waals surface area contributed by atoms with Gasteiger partial charge in [0.25, 0.3) is 0 Å². The molecule has 0 aliphatic heterocycles. The van der Waals surface area contributed by atoms with E-state index >= 15 is 0 Å². The van der Waals surface area contributed by atoms with Gasteiger partial charge in [-0.1, -0.05) is 60.7 Å². The highest BCUT2D eigenvalue weighted by atomic mass is 16.5. The molecule has 0 bridgehead atoms. The number of hydrogen-bond acceptors (Lipinski definition) is 5. The van der Waals surface area contributed by atoms with Crippen LogP contribution in [-0.2, 0) is 15.9 Å². The van der Waals surface area contributed by atoms with E-state index in [0.717, 1.165) is 5.56 Å². The van der Waals surface area contributed by atoms with Gasteiger partial charge in [-0.25, -0.2) is 0 Å². The van der Waals surface area contributed by atoms with Crippen molar-refractivity contribution in [3.8, 4) is 0 Å². The van der Waals surface area contributed by atoms with Crippen LogP contribution in [0.4, 0.5) is 0 Å². The maximum Gasteiger partial charge on any atom is 0.191 e. The number of Topliss-reactive ketones (excluding diaryl/α,β-unsaturated/α-hetero) is 1. The van der Waals surface area contributed by atoms with Crippen molar-refractivity contribution in [2.75, 3.05) is 32.9 Å². The van der Waals surface area contributed by atoms with E-state index < -0.39 is 12.2 Å². The predicted octanol–water partition coefficient (Wildman–Crippen LogP) is 2.48. The summed E-state index contributed by atoms with van der Waals surface area (Å²) in [5, 5.41) is 13.2. The van der Waals surface area contributed by atoms with Crippen LogP contribution in [0.2, 0.25) is 0 Å². The summed E-state index contributed by atoms with van der Waals surface area (Å²) in [6, 6.07) is 18.9. The normalized spacial score (nSPS) is 13.3. The van der Waals surface area contributed by atoms with Gasteiger partial charge in [-0.05, 0) is 12.5 Å². The highest BCUT2D eigenvalue weighted by molar-refractivity contribution is 5.99. The Morgan fingerprint density at radius 3 is 2.41 bits per heavy atom. The lowest BCUT2D eigenvalue weighted by atomic mass is 10.00. The molecule has 5 nitrogen and oxygen atoms in total. The molecule has 0 saturated heterocycles. The van der Waals surface area contributed by atoms with Gasteiger partial charge >= 0.3 is 0 Å². The Kier molecular flexibility index (Phi) is 9.73. The van der Waals surface area contributed by atoms with Gasteiger partial charge in [0.1, 0.15) is 6.10 Å². The first-order valence-corrected chi connectivity index (χ1v) is 9.42. The van der Waals surface area contributed by atoms with E-state index in [1.54, 1.807) is 12.1 Å². The molecule has 146 valence electrons. The molecule has 0 aliphatic rings. The van der Waals surface area contributed by atoms with Crippen molar-refractivity contribution in [1.29, 1.82) is 0 Å². The van der Waals surface area contributed by atoms with E-state index in [1.165, 1.54) is 0 Å². The molecule has 0 radical (unpaired) electrons. The lowest BCUT2D eigenvalue weighted by molar-refractivity contribution is -0.00210.